The Morgan fingerprint density at radius 1 is 1.19 bits per heavy atom. The van der Waals surface area contributed by atoms with Crippen LogP contribution in [0.3, 0.4) is 0 Å². The van der Waals surface area contributed by atoms with Gasteiger partial charge in [-0.15, -0.1) is 0 Å². The molecule has 0 bridgehead atoms. The van der Waals surface area contributed by atoms with Crippen LogP contribution in [0.25, 0.3) is 0 Å². The molecule has 1 aromatic carbocycles. The van der Waals surface area contributed by atoms with Crippen molar-refractivity contribution in [2.45, 2.75) is 45.6 Å². The number of imide groups is 1. The van der Waals surface area contributed by atoms with Crippen LogP contribution >= 0.6 is 0 Å². The van der Waals surface area contributed by atoms with Crippen molar-refractivity contribution >= 4 is 23.5 Å². The van der Waals surface area contributed by atoms with E-state index in [2.05, 4.69) is 6.92 Å². The highest BCUT2D eigenvalue weighted by atomic mass is 16.5. The first-order valence-corrected chi connectivity index (χ1v) is 9.41. The quantitative estimate of drug-likeness (QED) is 0.596. The second kappa shape index (κ2) is 7.99. The van der Waals surface area contributed by atoms with Crippen LogP contribution in [0.2, 0.25) is 0 Å². The van der Waals surface area contributed by atoms with Crippen molar-refractivity contribution in [1.82, 2.24) is 4.90 Å². The van der Waals surface area contributed by atoms with Gasteiger partial charge in [0.1, 0.15) is 0 Å². The van der Waals surface area contributed by atoms with Gasteiger partial charge >= 0.3 is 5.97 Å². The molecule has 0 aliphatic carbocycles. The van der Waals surface area contributed by atoms with Gasteiger partial charge in [-0.1, -0.05) is 19.1 Å². The summed E-state index contributed by atoms with van der Waals surface area (Å²) in [6, 6.07) is 7.07. The lowest BCUT2D eigenvalue weighted by Gasteiger charge is -2.34. The summed E-state index contributed by atoms with van der Waals surface area (Å²) in [5, 5.41) is 0. The van der Waals surface area contributed by atoms with Gasteiger partial charge in [0, 0.05) is 6.54 Å². The van der Waals surface area contributed by atoms with Crippen molar-refractivity contribution < 1.29 is 19.1 Å². The molecule has 2 saturated heterocycles. The minimum absolute atomic E-state index is 0.171. The molecule has 2 atom stereocenters. The number of rotatable bonds is 5. The van der Waals surface area contributed by atoms with E-state index in [1.165, 1.54) is 4.90 Å². The van der Waals surface area contributed by atoms with Crippen LogP contribution in [-0.2, 0) is 25.5 Å². The Labute approximate surface area is 154 Å². The minimum atomic E-state index is -0.481. The molecule has 0 aromatic heterocycles. The SMILES string of the molecule is CCOC(=O)[C@H]1CCCN([C@H]2CC(=O)N(c3ccc(CC)cc3)C2=O)C1. The van der Waals surface area contributed by atoms with Gasteiger partial charge in [-0.25, -0.2) is 4.90 Å². The van der Waals surface area contributed by atoms with E-state index in [0.717, 1.165) is 31.4 Å². The molecule has 26 heavy (non-hydrogen) atoms. The maximum Gasteiger partial charge on any atom is 0.310 e. The molecule has 6 nitrogen and oxygen atoms in total. The van der Waals surface area contributed by atoms with Crippen molar-refractivity contribution in [3.63, 3.8) is 0 Å². The van der Waals surface area contributed by atoms with E-state index in [-0.39, 0.29) is 30.1 Å². The largest absolute Gasteiger partial charge is 0.466 e. The summed E-state index contributed by atoms with van der Waals surface area (Å²) in [6.45, 7) is 5.41. The molecule has 0 N–H and O–H groups in total. The Balaban J connectivity index is 1.72. The van der Waals surface area contributed by atoms with E-state index < -0.39 is 6.04 Å². The summed E-state index contributed by atoms with van der Waals surface area (Å²) in [5.41, 5.74) is 1.79. The van der Waals surface area contributed by atoms with Gasteiger partial charge in [0.15, 0.2) is 0 Å². The monoisotopic (exact) mass is 358 g/mol. The minimum Gasteiger partial charge on any atom is -0.466 e. The topological polar surface area (TPSA) is 66.9 Å². The number of nitrogens with zero attached hydrogens (tertiary/aromatic N) is 2. The van der Waals surface area contributed by atoms with E-state index in [4.69, 9.17) is 4.74 Å². The van der Waals surface area contributed by atoms with Gasteiger partial charge in [0.2, 0.25) is 5.91 Å². The predicted molar refractivity (Wildman–Crippen MR) is 97.6 cm³/mol. The third-order valence-electron chi connectivity index (χ3n) is 5.24. The molecule has 2 aliphatic heterocycles. The molecule has 2 heterocycles. The average molecular weight is 358 g/mol. The number of anilines is 1. The highest BCUT2D eigenvalue weighted by molar-refractivity contribution is 6.22. The zero-order valence-corrected chi connectivity index (χ0v) is 15.4. The van der Waals surface area contributed by atoms with Gasteiger partial charge in [-0.3, -0.25) is 19.3 Å². The first-order valence-electron chi connectivity index (χ1n) is 9.41. The van der Waals surface area contributed by atoms with Crippen molar-refractivity contribution in [3.8, 4) is 0 Å². The second-order valence-corrected chi connectivity index (χ2v) is 6.89. The number of carbonyl (C=O) groups excluding carboxylic acids is 3. The molecule has 0 radical (unpaired) electrons. The summed E-state index contributed by atoms with van der Waals surface area (Å²) in [6.07, 6.45) is 2.68. The van der Waals surface area contributed by atoms with E-state index in [9.17, 15) is 14.4 Å². The number of benzene rings is 1. The summed E-state index contributed by atoms with van der Waals surface area (Å²) in [5.74, 6) is -0.795. The number of amides is 2. The lowest BCUT2D eigenvalue weighted by molar-refractivity contribution is -0.150. The van der Waals surface area contributed by atoms with E-state index in [0.29, 0.717) is 18.8 Å². The van der Waals surface area contributed by atoms with Crippen molar-refractivity contribution in [1.29, 1.82) is 0 Å². The highest BCUT2D eigenvalue weighted by Crippen LogP contribution is 2.29. The zero-order valence-electron chi connectivity index (χ0n) is 15.4. The standard InChI is InChI=1S/C20H26N2O4/c1-3-14-7-9-16(10-8-14)22-18(23)12-17(19(22)24)21-11-5-6-15(13-21)20(25)26-4-2/h7-10,15,17H,3-6,11-13H2,1-2H3/t15-,17-/m0/s1. The molecule has 2 fully saturated rings. The Hall–Kier alpha value is -2.21. The third kappa shape index (κ3) is 3.65. The summed E-state index contributed by atoms with van der Waals surface area (Å²) >= 11 is 0. The highest BCUT2D eigenvalue weighted by Gasteiger charge is 2.44. The lowest BCUT2D eigenvalue weighted by atomic mass is 9.96. The van der Waals surface area contributed by atoms with Crippen molar-refractivity contribution in [2.75, 3.05) is 24.6 Å². The number of likely N-dealkylation sites (tertiary alicyclic amines) is 1. The second-order valence-electron chi connectivity index (χ2n) is 6.89. The van der Waals surface area contributed by atoms with Crippen molar-refractivity contribution in [2.24, 2.45) is 5.92 Å². The Kier molecular flexibility index (Phi) is 5.71. The zero-order chi connectivity index (χ0) is 18.7. The Morgan fingerprint density at radius 3 is 2.58 bits per heavy atom. The van der Waals surface area contributed by atoms with Crippen molar-refractivity contribution in [3.05, 3.63) is 29.8 Å². The third-order valence-corrected chi connectivity index (χ3v) is 5.24. The fraction of sp³-hybridized carbons (Fsp3) is 0.550. The number of esters is 1. The first-order chi connectivity index (χ1) is 12.5. The number of ether oxygens (including phenoxy) is 1. The van der Waals surface area contributed by atoms with Crippen LogP contribution in [0.4, 0.5) is 5.69 Å². The van der Waals surface area contributed by atoms with Gasteiger partial charge < -0.3 is 4.74 Å². The lowest BCUT2D eigenvalue weighted by Crippen LogP contribution is -2.48. The van der Waals surface area contributed by atoms with E-state index in [1.807, 2.05) is 29.2 Å². The maximum atomic E-state index is 12.9. The molecule has 0 spiro atoms. The number of hydrogen-bond acceptors (Lipinski definition) is 5. The van der Waals surface area contributed by atoms with Gasteiger partial charge in [-0.05, 0) is 50.4 Å². The number of piperidine rings is 1. The molecular formula is C20H26N2O4. The first kappa shape index (κ1) is 18.6. The van der Waals surface area contributed by atoms with E-state index in [1.54, 1.807) is 6.92 Å². The molecule has 0 saturated carbocycles. The van der Waals surface area contributed by atoms with Crippen LogP contribution in [-0.4, -0.2) is 48.4 Å². The van der Waals surface area contributed by atoms with Gasteiger partial charge in [0.25, 0.3) is 5.91 Å². The maximum absolute atomic E-state index is 12.9. The summed E-state index contributed by atoms with van der Waals surface area (Å²) in [4.78, 5) is 40.7. The summed E-state index contributed by atoms with van der Waals surface area (Å²) < 4.78 is 5.12. The molecule has 3 rings (SSSR count). The fourth-order valence-electron chi connectivity index (χ4n) is 3.80. The number of aryl methyl sites for hydroxylation is 1. The Bertz CT molecular complexity index is 686. The number of carbonyl (C=O) groups is 3. The van der Waals surface area contributed by atoms with Gasteiger partial charge in [-0.2, -0.15) is 0 Å². The van der Waals surface area contributed by atoms with Crippen LogP contribution < -0.4 is 4.90 Å². The number of hydrogen-bond donors (Lipinski definition) is 0. The van der Waals surface area contributed by atoms with Crippen LogP contribution in [0.1, 0.15) is 38.7 Å². The molecule has 140 valence electrons. The summed E-state index contributed by atoms with van der Waals surface area (Å²) in [7, 11) is 0. The predicted octanol–water partition coefficient (Wildman–Crippen LogP) is 2.16. The Morgan fingerprint density at radius 2 is 1.92 bits per heavy atom. The normalized spacial score (nSPS) is 24.2. The van der Waals surface area contributed by atoms with Gasteiger partial charge in [0.05, 0.1) is 30.7 Å². The fourth-order valence-corrected chi connectivity index (χ4v) is 3.80. The smallest absolute Gasteiger partial charge is 0.310 e. The average Bonchev–Trinajstić information content (AvgIpc) is 2.96. The molecule has 0 unspecified atom stereocenters. The van der Waals surface area contributed by atoms with E-state index >= 15 is 0 Å². The molecule has 2 aliphatic rings. The molecule has 6 heteroatoms. The molecule has 2 amide bonds. The van der Waals surface area contributed by atoms with Crippen LogP contribution in [0.15, 0.2) is 24.3 Å². The van der Waals surface area contributed by atoms with Crippen LogP contribution in [0.5, 0.6) is 0 Å². The molecule has 1 aromatic rings. The van der Waals surface area contributed by atoms with Crippen LogP contribution in [0, 0.1) is 5.92 Å². The molecular weight excluding hydrogens is 332 g/mol.